The van der Waals surface area contributed by atoms with Crippen LogP contribution in [0.1, 0.15) is 49.9 Å². The second-order valence-electron chi connectivity index (χ2n) is 17.6. The van der Waals surface area contributed by atoms with Crippen LogP contribution >= 0.6 is 0 Å². The van der Waals surface area contributed by atoms with Crippen LogP contribution in [-0.2, 0) is 10.8 Å². The monoisotopic (exact) mass is 738 g/mol. The van der Waals surface area contributed by atoms with E-state index in [2.05, 4.69) is 210 Å². The summed E-state index contributed by atoms with van der Waals surface area (Å²) in [6.07, 6.45) is 0. The fourth-order valence-corrected chi connectivity index (χ4v) is 11.0. The highest BCUT2D eigenvalue weighted by Gasteiger charge is 2.37. The van der Waals surface area contributed by atoms with E-state index in [4.69, 9.17) is 0 Å². The van der Waals surface area contributed by atoms with Crippen LogP contribution in [0.25, 0.3) is 99.1 Å². The zero-order chi connectivity index (χ0) is 38.9. The van der Waals surface area contributed by atoms with Crippen molar-refractivity contribution in [3.8, 4) is 66.8 Å². The lowest BCUT2D eigenvalue weighted by Gasteiger charge is -2.24. The molecule has 10 aromatic rings. The van der Waals surface area contributed by atoms with Crippen molar-refractivity contribution in [2.45, 2.75) is 38.5 Å². The number of benzene rings is 10. The van der Waals surface area contributed by atoms with E-state index in [0.29, 0.717) is 0 Å². The molecule has 0 atom stereocenters. The van der Waals surface area contributed by atoms with E-state index in [1.54, 1.807) is 0 Å². The maximum Gasteiger partial charge on any atom is 0.0165 e. The minimum Gasteiger partial charge on any atom is -0.0619 e. The molecule has 0 nitrogen and oxygen atoms in total. The number of rotatable bonds is 4. The van der Waals surface area contributed by atoms with Gasteiger partial charge in [0.25, 0.3) is 0 Å². The fraction of sp³-hybridized carbons (Fsp3) is 0.103. The first kappa shape index (κ1) is 33.4. The highest BCUT2D eigenvalue weighted by Crippen LogP contribution is 2.53. The summed E-state index contributed by atoms with van der Waals surface area (Å²) in [5.74, 6) is 0. The molecule has 0 radical (unpaired) electrons. The van der Waals surface area contributed by atoms with Gasteiger partial charge in [0, 0.05) is 10.8 Å². The Kier molecular flexibility index (Phi) is 6.84. The van der Waals surface area contributed by atoms with Gasteiger partial charge in [0.15, 0.2) is 0 Å². The molecular weight excluding hydrogens is 697 g/mol. The summed E-state index contributed by atoms with van der Waals surface area (Å²) in [5.41, 5.74) is 21.1. The van der Waals surface area contributed by atoms with Gasteiger partial charge in [-0.25, -0.2) is 0 Å². The molecule has 0 spiro atoms. The topological polar surface area (TPSA) is 0 Å². The molecular formula is C58H42. The zero-order valence-corrected chi connectivity index (χ0v) is 33.3. The van der Waals surface area contributed by atoms with Gasteiger partial charge in [-0.2, -0.15) is 0 Å². The van der Waals surface area contributed by atoms with Crippen LogP contribution in [0, 0.1) is 0 Å². The Morgan fingerprint density at radius 3 is 1.36 bits per heavy atom. The molecule has 0 aromatic heterocycles. The molecule has 274 valence electrons. The van der Waals surface area contributed by atoms with Crippen molar-refractivity contribution in [2.75, 3.05) is 0 Å². The Bertz CT molecular complexity index is 3330. The van der Waals surface area contributed by atoms with Gasteiger partial charge in [0.1, 0.15) is 0 Å². The summed E-state index contributed by atoms with van der Waals surface area (Å²) in [5, 5.41) is 7.83. The number of hydrogen-bond donors (Lipinski definition) is 0. The standard InChI is InChI=1S/C58H42/c1-57(2)51-20-7-5-16-45(51)47-29-26-38(34-53(47)57)37-12-9-13-39(32-37)42-27-22-35-25-31-49-43(28-23-36-24-30-48(42)54(35)55(36)49)40-14-10-15-41(33-40)44-18-11-19-50-46-17-6-8-21-52(46)58(3,4)56(44)50/h5-34H,1-4H3. The Hall–Kier alpha value is -6.76. The Morgan fingerprint density at radius 2 is 0.707 bits per heavy atom. The van der Waals surface area contributed by atoms with E-state index in [0.717, 1.165) is 0 Å². The summed E-state index contributed by atoms with van der Waals surface area (Å²) in [7, 11) is 0. The van der Waals surface area contributed by atoms with Crippen LogP contribution < -0.4 is 0 Å². The molecule has 58 heavy (non-hydrogen) atoms. The molecule has 10 aromatic carbocycles. The maximum absolute atomic E-state index is 2.43. The lowest BCUT2D eigenvalue weighted by atomic mass is 9.78. The highest BCUT2D eigenvalue weighted by atomic mass is 14.4. The summed E-state index contributed by atoms with van der Waals surface area (Å²) >= 11 is 0. The van der Waals surface area contributed by atoms with Crippen molar-refractivity contribution in [3.63, 3.8) is 0 Å². The predicted octanol–water partition coefficient (Wildman–Crippen LogP) is 15.9. The van der Waals surface area contributed by atoms with Gasteiger partial charge in [0.2, 0.25) is 0 Å². The van der Waals surface area contributed by atoms with Crippen molar-refractivity contribution >= 4 is 32.3 Å². The minimum atomic E-state index is -0.0760. The molecule has 0 saturated heterocycles. The van der Waals surface area contributed by atoms with E-state index < -0.39 is 0 Å². The van der Waals surface area contributed by atoms with Crippen LogP contribution in [-0.4, -0.2) is 0 Å². The van der Waals surface area contributed by atoms with Gasteiger partial charge < -0.3 is 0 Å². The summed E-state index contributed by atoms with van der Waals surface area (Å²) in [6, 6.07) is 68.8. The van der Waals surface area contributed by atoms with Gasteiger partial charge in [-0.1, -0.05) is 191 Å². The SMILES string of the molecule is CC1(C)c2ccccc2-c2ccc(-c3cccc(-c4ccc5ccc6c(-c7cccc(-c8cccc9c8C(C)(C)c8ccccc8-9)c7)ccc7ccc4c5c76)c3)cc21. The van der Waals surface area contributed by atoms with Crippen molar-refractivity contribution in [2.24, 2.45) is 0 Å². The third-order valence-electron chi connectivity index (χ3n) is 13.8. The molecule has 0 aliphatic heterocycles. The quantitative estimate of drug-likeness (QED) is 0.158. The van der Waals surface area contributed by atoms with E-state index in [1.807, 2.05) is 0 Å². The molecule has 0 heterocycles. The smallest absolute Gasteiger partial charge is 0.0165 e. The molecule has 0 heteroatoms. The van der Waals surface area contributed by atoms with Gasteiger partial charge in [-0.3, -0.25) is 0 Å². The van der Waals surface area contributed by atoms with Crippen LogP contribution in [0.3, 0.4) is 0 Å². The lowest BCUT2D eigenvalue weighted by molar-refractivity contribution is 0.660. The molecule has 0 saturated carbocycles. The number of hydrogen-bond acceptors (Lipinski definition) is 0. The highest BCUT2D eigenvalue weighted by molar-refractivity contribution is 6.27. The molecule has 2 aliphatic rings. The third kappa shape index (κ3) is 4.58. The lowest BCUT2D eigenvalue weighted by Crippen LogP contribution is -2.16. The largest absolute Gasteiger partial charge is 0.0619 e. The van der Waals surface area contributed by atoms with Crippen LogP contribution in [0.4, 0.5) is 0 Å². The van der Waals surface area contributed by atoms with Gasteiger partial charge >= 0.3 is 0 Å². The molecule has 0 fully saturated rings. The summed E-state index contributed by atoms with van der Waals surface area (Å²) in [6.45, 7) is 9.48. The van der Waals surface area contributed by atoms with Crippen molar-refractivity contribution in [3.05, 3.63) is 204 Å². The Balaban J connectivity index is 0.971. The summed E-state index contributed by atoms with van der Waals surface area (Å²) < 4.78 is 0. The van der Waals surface area contributed by atoms with Crippen LogP contribution in [0.5, 0.6) is 0 Å². The van der Waals surface area contributed by atoms with E-state index >= 15 is 0 Å². The third-order valence-corrected chi connectivity index (χ3v) is 13.8. The van der Waals surface area contributed by atoms with E-state index in [-0.39, 0.29) is 10.8 Å². The van der Waals surface area contributed by atoms with E-state index in [1.165, 1.54) is 121 Å². The molecule has 0 N–H and O–H groups in total. The molecule has 0 amide bonds. The fourth-order valence-electron chi connectivity index (χ4n) is 11.0. The average molecular weight is 739 g/mol. The first-order valence-corrected chi connectivity index (χ1v) is 20.7. The van der Waals surface area contributed by atoms with Gasteiger partial charge in [-0.05, 0) is 140 Å². The predicted molar refractivity (Wildman–Crippen MR) is 247 cm³/mol. The minimum absolute atomic E-state index is 0.0309. The van der Waals surface area contributed by atoms with Crippen LogP contribution in [0.2, 0.25) is 0 Å². The van der Waals surface area contributed by atoms with E-state index in [9.17, 15) is 0 Å². The van der Waals surface area contributed by atoms with Crippen molar-refractivity contribution in [1.29, 1.82) is 0 Å². The normalized spacial score (nSPS) is 14.5. The summed E-state index contributed by atoms with van der Waals surface area (Å²) in [4.78, 5) is 0. The second kappa shape index (κ2) is 11.9. The first-order valence-electron chi connectivity index (χ1n) is 20.7. The molecule has 12 rings (SSSR count). The molecule has 2 aliphatic carbocycles. The zero-order valence-electron chi connectivity index (χ0n) is 33.3. The Morgan fingerprint density at radius 1 is 0.276 bits per heavy atom. The molecule has 0 bridgehead atoms. The van der Waals surface area contributed by atoms with Gasteiger partial charge in [-0.15, -0.1) is 0 Å². The van der Waals surface area contributed by atoms with Crippen molar-refractivity contribution < 1.29 is 0 Å². The van der Waals surface area contributed by atoms with Crippen molar-refractivity contribution in [1.82, 2.24) is 0 Å². The second-order valence-corrected chi connectivity index (χ2v) is 17.6. The first-order chi connectivity index (χ1) is 28.3. The Labute approximate surface area is 340 Å². The molecule has 0 unspecified atom stereocenters. The van der Waals surface area contributed by atoms with Crippen LogP contribution in [0.15, 0.2) is 182 Å². The maximum atomic E-state index is 2.43. The number of fused-ring (bicyclic) bond motifs is 6. The van der Waals surface area contributed by atoms with Gasteiger partial charge in [0.05, 0.1) is 0 Å². The average Bonchev–Trinajstić information content (AvgIpc) is 3.65.